The van der Waals surface area contributed by atoms with Gasteiger partial charge in [0.1, 0.15) is 6.10 Å². The Balaban J connectivity index is 2.66. The minimum absolute atomic E-state index is 0.161. The molecule has 0 aliphatic heterocycles. The number of carbonyl (C=O) groups is 1. The Kier molecular flexibility index (Phi) is 8.83. The number of esters is 1. The number of benzene rings is 1. The summed E-state index contributed by atoms with van der Waals surface area (Å²) < 4.78 is 10.9. The maximum atomic E-state index is 12.4. The summed E-state index contributed by atoms with van der Waals surface area (Å²) in [5.41, 5.74) is 1.75. The average molecular weight is 306 g/mol. The molecular weight excluding hydrogens is 276 g/mol. The highest BCUT2D eigenvalue weighted by Gasteiger charge is 2.18. The highest BCUT2D eigenvalue weighted by Crippen LogP contribution is 2.16. The fraction of sp³-hybridized carbons (Fsp3) is 0.632. The summed E-state index contributed by atoms with van der Waals surface area (Å²) in [6.45, 7) is 6.98. The lowest BCUT2D eigenvalue weighted by Crippen LogP contribution is -2.24. The van der Waals surface area contributed by atoms with E-state index in [0.717, 1.165) is 37.7 Å². The van der Waals surface area contributed by atoms with Gasteiger partial charge >= 0.3 is 5.97 Å². The normalized spacial score (nSPS) is 12.4. The number of aryl methyl sites for hydroxylation is 1. The van der Waals surface area contributed by atoms with Crippen LogP contribution in [0.4, 0.5) is 0 Å². The molecule has 0 aliphatic carbocycles. The molecule has 1 atom stereocenters. The molecule has 0 saturated heterocycles. The summed E-state index contributed by atoms with van der Waals surface area (Å²) in [6.07, 6.45) is 4.80. The zero-order valence-electron chi connectivity index (χ0n) is 14.4. The Morgan fingerprint density at radius 2 is 1.91 bits per heavy atom. The van der Waals surface area contributed by atoms with Crippen LogP contribution in [0.5, 0.6) is 0 Å². The van der Waals surface area contributed by atoms with Gasteiger partial charge in [-0.15, -0.1) is 0 Å². The van der Waals surface area contributed by atoms with Crippen LogP contribution in [0.1, 0.15) is 62.4 Å². The Bertz CT molecular complexity index is 440. The van der Waals surface area contributed by atoms with E-state index in [2.05, 4.69) is 20.8 Å². The molecule has 1 aromatic rings. The largest absolute Gasteiger partial charge is 0.456 e. The van der Waals surface area contributed by atoms with Gasteiger partial charge in [0.2, 0.25) is 0 Å². The molecule has 124 valence electrons. The first kappa shape index (κ1) is 18.7. The first-order valence-corrected chi connectivity index (χ1v) is 8.36. The zero-order valence-corrected chi connectivity index (χ0v) is 14.4. The second-order valence-electron chi connectivity index (χ2n) is 6.21. The summed E-state index contributed by atoms with van der Waals surface area (Å²) in [5, 5.41) is 0. The Hall–Kier alpha value is -1.35. The fourth-order valence-electron chi connectivity index (χ4n) is 2.54. The molecule has 0 spiro atoms. The van der Waals surface area contributed by atoms with Crippen molar-refractivity contribution >= 4 is 5.97 Å². The van der Waals surface area contributed by atoms with E-state index in [1.807, 2.05) is 24.3 Å². The minimum atomic E-state index is -0.226. The molecule has 0 aliphatic rings. The van der Waals surface area contributed by atoms with Gasteiger partial charge in [0.15, 0.2) is 0 Å². The molecule has 1 rings (SSSR count). The first-order chi connectivity index (χ1) is 10.6. The van der Waals surface area contributed by atoms with Crippen LogP contribution in [0.15, 0.2) is 24.3 Å². The third-order valence-electron chi connectivity index (χ3n) is 3.69. The SMILES string of the molecule is CCCc1ccccc1C(=O)OC(CCCC(C)C)COC. The van der Waals surface area contributed by atoms with E-state index in [-0.39, 0.29) is 12.1 Å². The van der Waals surface area contributed by atoms with Gasteiger partial charge in [-0.2, -0.15) is 0 Å². The van der Waals surface area contributed by atoms with E-state index in [1.165, 1.54) is 0 Å². The second kappa shape index (κ2) is 10.4. The van der Waals surface area contributed by atoms with Crippen molar-refractivity contribution in [2.24, 2.45) is 5.92 Å². The van der Waals surface area contributed by atoms with Gasteiger partial charge in [-0.3, -0.25) is 0 Å². The molecule has 0 N–H and O–H groups in total. The molecule has 1 unspecified atom stereocenters. The molecule has 0 aromatic heterocycles. The fourth-order valence-corrected chi connectivity index (χ4v) is 2.54. The van der Waals surface area contributed by atoms with Gasteiger partial charge in [0, 0.05) is 7.11 Å². The van der Waals surface area contributed by atoms with Crippen molar-refractivity contribution in [3.05, 3.63) is 35.4 Å². The van der Waals surface area contributed by atoms with Crippen LogP contribution in [-0.2, 0) is 15.9 Å². The molecule has 3 heteroatoms. The van der Waals surface area contributed by atoms with Gasteiger partial charge in [-0.25, -0.2) is 4.79 Å². The van der Waals surface area contributed by atoms with E-state index >= 15 is 0 Å². The Labute approximate surface area is 135 Å². The van der Waals surface area contributed by atoms with E-state index in [0.29, 0.717) is 18.1 Å². The van der Waals surface area contributed by atoms with Crippen molar-refractivity contribution in [1.29, 1.82) is 0 Å². The molecular formula is C19H30O3. The lowest BCUT2D eigenvalue weighted by Gasteiger charge is -2.18. The predicted octanol–water partition coefficient (Wildman–Crippen LogP) is 4.64. The minimum Gasteiger partial charge on any atom is -0.456 e. The summed E-state index contributed by atoms with van der Waals surface area (Å²) in [5.74, 6) is 0.444. The third kappa shape index (κ3) is 6.61. The highest BCUT2D eigenvalue weighted by molar-refractivity contribution is 5.91. The van der Waals surface area contributed by atoms with E-state index < -0.39 is 0 Å². The third-order valence-corrected chi connectivity index (χ3v) is 3.69. The van der Waals surface area contributed by atoms with Gasteiger partial charge < -0.3 is 9.47 Å². The molecule has 22 heavy (non-hydrogen) atoms. The maximum absolute atomic E-state index is 12.4. The van der Waals surface area contributed by atoms with Crippen LogP contribution < -0.4 is 0 Å². The standard InChI is InChI=1S/C19H30O3/c1-5-9-16-11-6-7-13-18(16)19(20)22-17(14-21-4)12-8-10-15(2)3/h6-7,11,13,15,17H,5,8-10,12,14H2,1-4H3. The molecule has 0 saturated carbocycles. The van der Waals surface area contributed by atoms with Gasteiger partial charge in [0.25, 0.3) is 0 Å². The monoisotopic (exact) mass is 306 g/mol. The lowest BCUT2D eigenvalue weighted by atomic mass is 10.0. The number of rotatable bonds is 10. The summed E-state index contributed by atoms with van der Waals surface area (Å²) in [6, 6.07) is 7.71. The van der Waals surface area contributed by atoms with Gasteiger partial charge in [-0.05, 0) is 36.8 Å². The quantitative estimate of drug-likeness (QED) is 0.591. The summed E-state index contributed by atoms with van der Waals surface area (Å²) in [4.78, 5) is 12.4. The predicted molar refractivity (Wildman–Crippen MR) is 90.2 cm³/mol. The summed E-state index contributed by atoms with van der Waals surface area (Å²) in [7, 11) is 1.65. The van der Waals surface area contributed by atoms with Crippen molar-refractivity contribution < 1.29 is 14.3 Å². The van der Waals surface area contributed by atoms with Crippen LogP contribution >= 0.6 is 0 Å². The van der Waals surface area contributed by atoms with E-state index in [4.69, 9.17) is 9.47 Å². The topological polar surface area (TPSA) is 35.5 Å². The van der Waals surface area contributed by atoms with Crippen LogP contribution in [0.2, 0.25) is 0 Å². The Morgan fingerprint density at radius 3 is 2.55 bits per heavy atom. The molecule has 3 nitrogen and oxygen atoms in total. The molecule has 0 fully saturated rings. The number of hydrogen-bond donors (Lipinski definition) is 0. The van der Waals surface area contributed by atoms with Crippen molar-refractivity contribution in [3.63, 3.8) is 0 Å². The highest BCUT2D eigenvalue weighted by atomic mass is 16.6. The number of ether oxygens (including phenoxy) is 2. The van der Waals surface area contributed by atoms with Crippen molar-refractivity contribution in [2.45, 2.75) is 59.0 Å². The number of carbonyl (C=O) groups excluding carboxylic acids is 1. The average Bonchev–Trinajstić information content (AvgIpc) is 2.48. The number of hydrogen-bond acceptors (Lipinski definition) is 3. The van der Waals surface area contributed by atoms with Crippen LogP contribution in [0, 0.1) is 5.92 Å². The molecule has 0 bridgehead atoms. The molecule has 0 heterocycles. The van der Waals surface area contributed by atoms with Crippen LogP contribution in [0.25, 0.3) is 0 Å². The van der Waals surface area contributed by atoms with Crippen molar-refractivity contribution in [3.8, 4) is 0 Å². The first-order valence-electron chi connectivity index (χ1n) is 8.36. The van der Waals surface area contributed by atoms with Crippen molar-refractivity contribution in [1.82, 2.24) is 0 Å². The molecule has 0 amide bonds. The molecule has 1 aromatic carbocycles. The van der Waals surface area contributed by atoms with Crippen molar-refractivity contribution in [2.75, 3.05) is 13.7 Å². The smallest absolute Gasteiger partial charge is 0.338 e. The van der Waals surface area contributed by atoms with Crippen LogP contribution in [-0.4, -0.2) is 25.8 Å². The summed E-state index contributed by atoms with van der Waals surface area (Å²) >= 11 is 0. The van der Waals surface area contributed by atoms with E-state index in [9.17, 15) is 4.79 Å². The van der Waals surface area contributed by atoms with Gasteiger partial charge in [-0.1, -0.05) is 51.8 Å². The van der Waals surface area contributed by atoms with Crippen LogP contribution in [0.3, 0.4) is 0 Å². The van der Waals surface area contributed by atoms with E-state index in [1.54, 1.807) is 7.11 Å². The second-order valence-corrected chi connectivity index (χ2v) is 6.21. The zero-order chi connectivity index (χ0) is 16.4. The van der Waals surface area contributed by atoms with Gasteiger partial charge in [0.05, 0.1) is 12.2 Å². The Morgan fingerprint density at radius 1 is 1.18 bits per heavy atom. The number of methoxy groups -OCH3 is 1. The molecule has 0 radical (unpaired) electrons. The lowest BCUT2D eigenvalue weighted by molar-refractivity contribution is 0.00209. The maximum Gasteiger partial charge on any atom is 0.338 e.